The second-order valence-corrected chi connectivity index (χ2v) is 5.21. The lowest BCUT2D eigenvalue weighted by molar-refractivity contribution is -0.150. The predicted octanol–water partition coefficient (Wildman–Crippen LogP) is 1.73. The first kappa shape index (κ1) is 17.5. The summed E-state index contributed by atoms with van der Waals surface area (Å²) in [4.78, 5) is 24.6. The molecule has 24 heavy (non-hydrogen) atoms. The van der Waals surface area contributed by atoms with Crippen LogP contribution in [-0.2, 0) is 4.79 Å². The zero-order valence-corrected chi connectivity index (χ0v) is 12.2. The minimum Gasteiger partial charge on any atom is -0.481 e. The number of rotatable bonds is 4. The summed E-state index contributed by atoms with van der Waals surface area (Å²) in [5.41, 5.74) is 5.15. The van der Waals surface area contributed by atoms with E-state index in [4.69, 9.17) is 11.1 Å². The first-order valence-corrected chi connectivity index (χ1v) is 6.83. The summed E-state index contributed by atoms with van der Waals surface area (Å²) in [5, 5.41) is 16.8. The Kier molecular flexibility index (Phi) is 4.63. The number of carboxylic acids is 1. The summed E-state index contributed by atoms with van der Waals surface area (Å²) in [6.07, 6.45) is -3.23. The molecule has 0 aliphatic carbocycles. The van der Waals surface area contributed by atoms with Gasteiger partial charge in [0, 0.05) is 23.6 Å². The van der Waals surface area contributed by atoms with Crippen molar-refractivity contribution in [2.24, 2.45) is 5.73 Å². The summed E-state index contributed by atoms with van der Waals surface area (Å²) < 4.78 is 38.7. The first-order chi connectivity index (χ1) is 11.2. The molecule has 0 fully saturated rings. The SMILES string of the molecule is N=CC(=CN)C1C(C(=O)O)c2ccccc2C(=O)N1CC(F)(F)F. The smallest absolute Gasteiger partial charge is 0.406 e. The number of aliphatic carboxylic acids is 1. The number of carbonyl (C=O) groups excluding carboxylic acids is 1. The van der Waals surface area contributed by atoms with E-state index in [0.29, 0.717) is 11.1 Å². The van der Waals surface area contributed by atoms with Crippen LogP contribution in [0.25, 0.3) is 0 Å². The number of carbonyl (C=O) groups is 2. The standard InChI is InChI=1S/C15H14F3N3O3/c16-15(17,18)7-21-12(8(5-19)6-20)11(14(23)24)9-3-1-2-4-10(9)13(21)22/h1-6,11-12,19H,7,20H2,(H,23,24). The number of benzene rings is 1. The van der Waals surface area contributed by atoms with Gasteiger partial charge in [0.05, 0.1) is 6.04 Å². The highest BCUT2D eigenvalue weighted by Gasteiger charge is 2.48. The molecule has 2 atom stereocenters. The quantitative estimate of drug-likeness (QED) is 0.725. The van der Waals surface area contributed by atoms with Gasteiger partial charge in [0.1, 0.15) is 12.5 Å². The van der Waals surface area contributed by atoms with Gasteiger partial charge >= 0.3 is 12.1 Å². The van der Waals surface area contributed by atoms with Crippen molar-refractivity contribution < 1.29 is 27.9 Å². The number of carboxylic acid groups (broad SMARTS) is 1. The van der Waals surface area contributed by atoms with Gasteiger partial charge in [0.15, 0.2) is 0 Å². The van der Waals surface area contributed by atoms with E-state index in [2.05, 4.69) is 0 Å². The van der Waals surface area contributed by atoms with Crippen LogP contribution in [0.15, 0.2) is 36.0 Å². The molecule has 4 N–H and O–H groups in total. The van der Waals surface area contributed by atoms with E-state index in [-0.39, 0.29) is 16.7 Å². The van der Waals surface area contributed by atoms with E-state index in [1.54, 1.807) is 0 Å². The zero-order valence-electron chi connectivity index (χ0n) is 12.2. The molecule has 2 rings (SSSR count). The van der Waals surface area contributed by atoms with E-state index in [0.717, 1.165) is 6.20 Å². The Morgan fingerprint density at radius 2 is 2.00 bits per heavy atom. The lowest BCUT2D eigenvalue weighted by atomic mass is 9.80. The average Bonchev–Trinajstić information content (AvgIpc) is 2.50. The largest absolute Gasteiger partial charge is 0.481 e. The molecule has 0 radical (unpaired) electrons. The van der Waals surface area contributed by atoms with Crippen LogP contribution in [-0.4, -0.2) is 46.9 Å². The Morgan fingerprint density at radius 3 is 2.50 bits per heavy atom. The van der Waals surface area contributed by atoms with E-state index in [9.17, 15) is 27.9 Å². The fourth-order valence-corrected chi connectivity index (χ4v) is 2.83. The molecule has 1 aromatic rings. The van der Waals surface area contributed by atoms with E-state index >= 15 is 0 Å². The number of alkyl halides is 3. The maximum atomic E-state index is 12.9. The van der Waals surface area contributed by atoms with Crippen LogP contribution in [0.5, 0.6) is 0 Å². The van der Waals surface area contributed by atoms with Gasteiger partial charge in [-0.3, -0.25) is 9.59 Å². The van der Waals surface area contributed by atoms with Gasteiger partial charge in [-0.15, -0.1) is 0 Å². The third-order valence-corrected chi connectivity index (χ3v) is 3.75. The third kappa shape index (κ3) is 3.10. The Bertz CT molecular complexity index is 715. The fraction of sp³-hybridized carbons (Fsp3) is 0.267. The molecule has 6 nitrogen and oxygen atoms in total. The van der Waals surface area contributed by atoms with Crippen LogP contribution < -0.4 is 5.73 Å². The van der Waals surface area contributed by atoms with Crippen LogP contribution in [0.4, 0.5) is 13.2 Å². The topological polar surface area (TPSA) is 107 Å². The van der Waals surface area contributed by atoms with Gasteiger partial charge in [-0.1, -0.05) is 18.2 Å². The summed E-state index contributed by atoms with van der Waals surface area (Å²) in [6, 6.07) is 4.08. The van der Waals surface area contributed by atoms with E-state index in [1.807, 2.05) is 0 Å². The second-order valence-electron chi connectivity index (χ2n) is 5.21. The van der Waals surface area contributed by atoms with Crippen molar-refractivity contribution in [3.8, 4) is 0 Å². The number of nitrogens with two attached hydrogens (primary N) is 1. The lowest BCUT2D eigenvalue weighted by Crippen LogP contribution is -2.54. The highest BCUT2D eigenvalue weighted by molar-refractivity contribution is 6.01. The molecule has 2 unspecified atom stereocenters. The molecule has 0 aromatic heterocycles. The zero-order chi connectivity index (χ0) is 18.1. The number of nitrogens with zero attached hydrogens (tertiary/aromatic N) is 1. The van der Waals surface area contributed by atoms with Crippen LogP contribution in [0.2, 0.25) is 0 Å². The minimum absolute atomic E-state index is 0.0969. The lowest BCUT2D eigenvalue weighted by Gasteiger charge is -2.41. The highest BCUT2D eigenvalue weighted by Crippen LogP contribution is 2.38. The number of fused-ring (bicyclic) bond motifs is 1. The van der Waals surface area contributed by atoms with Gasteiger partial charge in [-0.2, -0.15) is 13.2 Å². The minimum atomic E-state index is -4.73. The molecular weight excluding hydrogens is 327 g/mol. The molecular formula is C15H14F3N3O3. The molecule has 0 bridgehead atoms. The summed E-state index contributed by atoms with van der Waals surface area (Å²) in [6.45, 7) is -1.64. The molecule has 0 spiro atoms. The molecule has 9 heteroatoms. The maximum absolute atomic E-state index is 12.9. The van der Waals surface area contributed by atoms with Crippen LogP contribution in [0, 0.1) is 5.41 Å². The molecule has 0 saturated carbocycles. The summed E-state index contributed by atoms with van der Waals surface area (Å²) in [5.74, 6) is -3.82. The van der Waals surface area contributed by atoms with Gasteiger partial charge in [-0.05, 0) is 11.6 Å². The van der Waals surface area contributed by atoms with Crippen LogP contribution in [0.1, 0.15) is 21.8 Å². The molecule has 1 aliphatic rings. The Labute approximate surface area is 134 Å². The number of hydrogen-bond acceptors (Lipinski definition) is 4. The number of halogens is 3. The van der Waals surface area contributed by atoms with Crippen molar-refractivity contribution in [1.29, 1.82) is 5.41 Å². The normalized spacial score (nSPS) is 21.4. The summed E-state index contributed by atoms with van der Waals surface area (Å²) in [7, 11) is 0. The van der Waals surface area contributed by atoms with Crippen molar-refractivity contribution in [3.05, 3.63) is 47.2 Å². The van der Waals surface area contributed by atoms with Gasteiger partial charge in [0.25, 0.3) is 5.91 Å². The van der Waals surface area contributed by atoms with Crippen LogP contribution in [0.3, 0.4) is 0 Å². The average molecular weight is 341 g/mol. The van der Waals surface area contributed by atoms with E-state index < -0.39 is 36.6 Å². The van der Waals surface area contributed by atoms with Crippen molar-refractivity contribution in [2.75, 3.05) is 6.54 Å². The van der Waals surface area contributed by atoms with Gasteiger partial charge in [-0.25, -0.2) is 0 Å². The molecule has 1 aliphatic heterocycles. The Hall–Kier alpha value is -2.84. The van der Waals surface area contributed by atoms with E-state index in [1.165, 1.54) is 24.3 Å². The second kappa shape index (κ2) is 6.34. The molecule has 128 valence electrons. The third-order valence-electron chi connectivity index (χ3n) is 3.75. The summed E-state index contributed by atoms with van der Waals surface area (Å²) >= 11 is 0. The Morgan fingerprint density at radius 1 is 1.38 bits per heavy atom. The maximum Gasteiger partial charge on any atom is 0.406 e. The predicted molar refractivity (Wildman–Crippen MR) is 78.8 cm³/mol. The number of nitrogens with one attached hydrogen (secondary N) is 1. The molecule has 1 heterocycles. The molecule has 0 saturated heterocycles. The monoisotopic (exact) mass is 341 g/mol. The molecule has 1 aromatic carbocycles. The fourth-order valence-electron chi connectivity index (χ4n) is 2.83. The van der Waals surface area contributed by atoms with Gasteiger partial charge in [0.2, 0.25) is 0 Å². The van der Waals surface area contributed by atoms with Crippen LogP contribution >= 0.6 is 0 Å². The highest BCUT2D eigenvalue weighted by atomic mass is 19.4. The van der Waals surface area contributed by atoms with Crippen molar-refractivity contribution in [1.82, 2.24) is 4.90 Å². The van der Waals surface area contributed by atoms with Crippen molar-refractivity contribution in [3.63, 3.8) is 0 Å². The molecule has 1 amide bonds. The van der Waals surface area contributed by atoms with Crippen molar-refractivity contribution in [2.45, 2.75) is 18.1 Å². The Balaban J connectivity index is 2.70. The number of hydrogen-bond donors (Lipinski definition) is 3. The first-order valence-electron chi connectivity index (χ1n) is 6.83. The van der Waals surface area contributed by atoms with Crippen molar-refractivity contribution >= 4 is 18.1 Å². The van der Waals surface area contributed by atoms with Gasteiger partial charge < -0.3 is 21.1 Å². The number of amides is 1.